The van der Waals surface area contributed by atoms with Crippen LogP contribution in [0.5, 0.6) is 5.75 Å². The van der Waals surface area contributed by atoms with E-state index < -0.39 is 5.82 Å². The van der Waals surface area contributed by atoms with Gasteiger partial charge in [-0.3, -0.25) is 9.59 Å². The summed E-state index contributed by atoms with van der Waals surface area (Å²) in [6, 6.07) is 3.95. The van der Waals surface area contributed by atoms with E-state index in [1.54, 1.807) is 4.90 Å². The van der Waals surface area contributed by atoms with Gasteiger partial charge in [0.25, 0.3) is 5.91 Å². The topological polar surface area (TPSA) is 49.9 Å². The lowest BCUT2D eigenvalue weighted by molar-refractivity contribution is -0.138. The van der Waals surface area contributed by atoms with E-state index in [1.807, 2.05) is 4.90 Å². The van der Waals surface area contributed by atoms with Gasteiger partial charge in [0, 0.05) is 32.1 Å². The van der Waals surface area contributed by atoms with Crippen molar-refractivity contribution < 1.29 is 18.7 Å². The Morgan fingerprint density at radius 1 is 1.08 bits per heavy atom. The quantitative estimate of drug-likeness (QED) is 0.852. The molecule has 1 aliphatic heterocycles. The van der Waals surface area contributed by atoms with E-state index in [9.17, 15) is 14.0 Å². The van der Waals surface area contributed by atoms with Gasteiger partial charge in [-0.1, -0.05) is 6.42 Å². The molecule has 130 valence electrons. The van der Waals surface area contributed by atoms with Gasteiger partial charge < -0.3 is 14.5 Å². The number of ether oxygens (including phenoxy) is 1. The molecule has 5 nitrogen and oxygen atoms in total. The van der Waals surface area contributed by atoms with E-state index in [1.165, 1.54) is 25.3 Å². The number of hydrogen-bond donors (Lipinski definition) is 0. The van der Waals surface area contributed by atoms with Gasteiger partial charge in [0.15, 0.2) is 0 Å². The minimum absolute atomic E-state index is 0.176. The minimum Gasteiger partial charge on any atom is -0.496 e. The Labute approximate surface area is 141 Å². The Morgan fingerprint density at radius 2 is 1.79 bits per heavy atom. The maximum Gasteiger partial charge on any atom is 0.257 e. The van der Waals surface area contributed by atoms with Crippen LogP contribution in [0.3, 0.4) is 0 Å². The molecule has 0 unspecified atom stereocenters. The maximum absolute atomic E-state index is 13.5. The molecule has 0 N–H and O–H groups in total. The van der Waals surface area contributed by atoms with Gasteiger partial charge in [0.1, 0.15) is 11.6 Å². The number of carbonyl (C=O) groups excluding carboxylic acids is 2. The zero-order chi connectivity index (χ0) is 17.1. The monoisotopic (exact) mass is 334 g/mol. The normalized spacial score (nSPS) is 18.8. The molecule has 6 heteroatoms. The number of rotatable bonds is 3. The zero-order valence-corrected chi connectivity index (χ0v) is 14.0. The first-order valence-corrected chi connectivity index (χ1v) is 8.51. The average molecular weight is 334 g/mol. The number of carbonyl (C=O) groups is 2. The molecule has 0 bridgehead atoms. The number of nitrogens with zero attached hydrogens (tertiary/aromatic N) is 2. The molecule has 3 rings (SSSR count). The fraction of sp³-hybridized carbons (Fsp3) is 0.556. The van der Waals surface area contributed by atoms with Crippen LogP contribution in [-0.4, -0.2) is 54.9 Å². The molecule has 1 aliphatic carbocycles. The van der Waals surface area contributed by atoms with E-state index >= 15 is 0 Å². The molecule has 1 heterocycles. The van der Waals surface area contributed by atoms with Crippen LogP contribution in [0, 0.1) is 11.7 Å². The Bertz CT molecular complexity index is 631. The molecule has 0 aromatic heterocycles. The summed E-state index contributed by atoms with van der Waals surface area (Å²) in [5.41, 5.74) is 0.233. The van der Waals surface area contributed by atoms with Crippen LogP contribution in [0.15, 0.2) is 18.2 Å². The Balaban J connectivity index is 1.68. The van der Waals surface area contributed by atoms with E-state index in [0.717, 1.165) is 25.7 Å². The first kappa shape index (κ1) is 16.7. The van der Waals surface area contributed by atoms with Crippen LogP contribution in [0.1, 0.15) is 36.0 Å². The van der Waals surface area contributed by atoms with Crippen LogP contribution < -0.4 is 4.74 Å². The van der Waals surface area contributed by atoms with Crippen molar-refractivity contribution in [2.75, 3.05) is 33.3 Å². The summed E-state index contributed by atoms with van der Waals surface area (Å²) in [5, 5.41) is 0. The largest absolute Gasteiger partial charge is 0.496 e. The fourth-order valence-corrected chi connectivity index (χ4v) is 3.27. The van der Waals surface area contributed by atoms with Gasteiger partial charge in [-0.05, 0) is 37.5 Å². The third-order valence-electron chi connectivity index (χ3n) is 4.94. The van der Waals surface area contributed by atoms with E-state index in [2.05, 4.69) is 0 Å². The fourth-order valence-electron chi connectivity index (χ4n) is 3.27. The van der Waals surface area contributed by atoms with Crippen LogP contribution in [-0.2, 0) is 4.79 Å². The molecule has 24 heavy (non-hydrogen) atoms. The molecule has 2 fully saturated rings. The van der Waals surface area contributed by atoms with E-state index in [-0.39, 0.29) is 23.3 Å². The van der Waals surface area contributed by atoms with Crippen molar-refractivity contribution in [1.29, 1.82) is 0 Å². The highest BCUT2D eigenvalue weighted by Crippen LogP contribution is 2.29. The molecule has 2 amide bonds. The molecular formula is C18H23FN2O3. The Kier molecular flexibility index (Phi) is 5.02. The molecule has 0 radical (unpaired) electrons. The molecule has 1 saturated heterocycles. The summed E-state index contributed by atoms with van der Waals surface area (Å²) in [7, 11) is 1.46. The third kappa shape index (κ3) is 3.37. The summed E-state index contributed by atoms with van der Waals surface area (Å²) in [4.78, 5) is 28.7. The van der Waals surface area contributed by atoms with E-state index in [0.29, 0.717) is 31.9 Å². The van der Waals surface area contributed by atoms with Gasteiger partial charge in [0.2, 0.25) is 5.91 Å². The van der Waals surface area contributed by atoms with Crippen molar-refractivity contribution >= 4 is 11.8 Å². The average Bonchev–Trinajstić information content (AvgIpc) is 2.78. The second-order valence-corrected chi connectivity index (χ2v) is 6.44. The van der Waals surface area contributed by atoms with Gasteiger partial charge in [-0.15, -0.1) is 0 Å². The van der Waals surface area contributed by atoms with Crippen molar-refractivity contribution in [2.45, 2.75) is 25.7 Å². The van der Waals surface area contributed by atoms with Gasteiger partial charge in [-0.25, -0.2) is 4.39 Å². The smallest absolute Gasteiger partial charge is 0.257 e. The molecule has 2 aliphatic rings. The number of hydrogen-bond acceptors (Lipinski definition) is 3. The Morgan fingerprint density at radius 3 is 2.46 bits per heavy atom. The van der Waals surface area contributed by atoms with Crippen LogP contribution in [0.4, 0.5) is 4.39 Å². The molecule has 1 aromatic rings. The van der Waals surface area contributed by atoms with Crippen molar-refractivity contribution in [1.82, 2.24) is 9.80 Å². The molecule has 1 saturated carbocycles. The molecule has 0 atom stereocenters. The lowest BCUT2D eigenvalue weighted by Gasteiger charge is -2.31. The second kappa shape index (κ2) is 7.20. The van der Waals surface area contributed by atoms with Crippen molar-refractivity contribution in [3.8, 4) is 5.75 Å². The van der Waals surface area contributed by atoms with E-state index in [4.69, 9.17) is 4.74 Å². The number of amides is 2. The number of benzene rings is 1. The van der Waals surface area contributed by atoms with Crippen LogP contribution >= 0.6 is 0 Å². The molecular weight excluding hydrogens is 311 g/mol. The predicted molar refractivity (Wildman–Crippen MR) is 87.4 cm³/mol. The summed E-state index contributed by atoms with van der Waals surface area (Å²) in [6.45, 7) is 2.25. The Hall–Kier alpha value is -2.11. The number of methoxy groups -OCH3 is 1. The SMILES string of the molecule is COc1ccc(F)cc1C(=O)N1CCCN(C(=O)C2CCC2)CC1. The summed E-state index contributed by atoms with van der Waals surface area (Å²) >= 11 is 0. The highest BCUT2D eigenvalue weighted by molar-refractivity contribution is 5.97. The van der Waals surface area contributed by atoms with Crippen LogP contribution in [0.25, 0.3) is 0 Å². The molecule has 1 aromatic carbocycles. The summed E-state index contributed by atoms with van der Waals surface area (Å²) in [6.07, 6.45) is 3.84. The predicted octanol–water partition coefficient (Wildman–Crippen LogP) is 2.31. The summed E-state index contributed by atoms with van der Waals surface area (Å²) in [5.74, 6) is 0.0579. The van der Waals surface area contributed by atoms with Crippen LogP contribution in [0.2, 0.25) is 0 Å². The lowest BCUT2D eigenvalue weighted by atomic mass is 9.84. The number of halogens is 1. The van der Waals surface area contributed by atoms with Crippen molar-refractivity contribution in [3.63, 3.8) is 0 Å². The third-order valence-corrected chi connectivity index (χ3v) is 4.94. The minimum atomic E-state index is -0.462. The molecule has 0 spiro atoms. The summed E-state index contributed by atoms with van der Waals surface area (Å²) < 4.78 is 18.7. The first-order chi connectivity index (χ1) is 11.6. The van der Waals surface area contributed by atoms with Crippen molar-refractivity contribution in [3.05, 3.63) is 29.6 Å². The maximum atomic E-state index is 13.5. The highest BCUT2D eigenvalue weighted by Gasteiger charge is 2.31. The zero-order valence-electron chi connectivity index (χ0n) is 14.0. The highest BCUT2D eigenvalue weighted by atomic mass is 19.1. The second-order valence-electron chi connectivity index (χ2n) is 6.44. The van der Waals surface area contributed by atoms with Gasteiger partial charge in [-0.2, -0.15) is 0 Å². The standard InChI is InChI=1S/C18H23FN2O3/c1-24-16-7-6-14(19)12-15(16)18(23)21-9-3-8-20(10-11-21)17(22)13-4-2-5-13/h6-7,12-13H,2-5,8-11H2,1H3. The van der Waals surface area contributed by atoms with Gasteiger partial charge in [0.05, 0.1) is 12.7 Å². The first-order valence-electron chi connectivity index (χ1n) is 8.51. The van der Waals surface area contributed by atoms with Crippen molar-refractivity contribution in [2.24, 2.45) is 5.92 Å². The lowest BCUT2D eigenvalue weighted by Crippen LogP contribution is -2.41. The van der Waals surface area contributed by atoms with Gasteiger partial charge >= 0.3 is 0 Å².